The van der Waals surface area contributed by atoms with E-state index in [1.165, 1.54) is 12.0 Å². The lowest BCUT2D eigenvalue weighted by Crippen LogP contribution is -2.55. The molecule has 188 valence electrons. The Morgan fingerprint density at radius 3 is 2.69 bits per heavy atom. The third kappa shape index (κ3) is 5.91. The maximum absolute atomic E-state index is 13.3. The number of carboxylic acid groups (broad SMARTS) is 1. The van der Waals surface area contributed by atoms with E-state index in [9.17, 15) is 22.8 Å². The summed E-state index contributed by atoms with van der Waals surface area (Å²) in [4.78, 5) is 33.3. The molecule has 2 aromatic heterocycles. The van der Waals surface area contributed by atoms with Gasteiger partial charge < -0.3 is 29.8 Å². The van der Waals surface area contributed by atoms with Gasteiger partial charge in [0, 0.05) is 30.7 Å². The topological polar surface area (TPSA) is 121 Å². The van der Waals surface area contributed by atoms with Gasteiger partial charge in [-0.2, -0.15) is 13.2 Å². The molecule has 0 aliphatic carbocycles. The number of rotatable bonds is 8. The summed E-state index contributed by atoms with van der Waals surface area (Å²) in [5.41, 5.74) is 2.49. The van der Waals surface area contributed by atoms with E-state index in [1.807, 2.05) is 11.4 Å². The Morgan fingerprint density at radius 2 is 2.06 bits per heavy atom. The highest BCUT2D eigenvalue weighted by atomic mass is 19.4. The fraction of sp³-hybridized carbons (Fsp3) is 0.364. The van der Waals surface area contributed by atoms with Gasteiger partial charge in [0.2, 0.25) is 0 Å². The summed E-state index contributed by atoms with van der Waals surface area (Å²) >= 11 is 0. The minimum absolute atomic E-state index is 0.112. The minimum Gasteiger partial charge on any atom is -0.478 e. The lowest BCUT2D eigenvalue weighted by Gasteiger charge is -2.31. The molecule has 2 heterocycles. The zero-order valence-corrected chi connectivity index (χ0v) is 19.2. The fourth-order valence-corrected chi connectivity index (χ4v) is 3.58. The first-order chi connectivity index (χ1) is 16.5. The predicted molar refractivity (Wildman–Crippen MR) is 120 cm³/mol. The number of imidazole rings is 1. The van der Waals surface area contributed by atoms with Gasteiger partial charge >= 0.3 is 18.3 Å². The van der Waals surface area contributed by atoms with Crippen LogP contribution in [0, 0.1) is 0 Å². The van der Waals surface area contributed by atoms with E-state index in [4.69, 9.17) is 9.84 Å². The summed E-state index contributed by atoms with van der Waals surface area (Å²) in [6.45, 7) is 2.43. The number of alkyl halides is 3. The predicted octanol–water partition coefficient (Wildman–Crippen LogP) is 3.70. The Kier molecular flexibility index (Phi) is 7.67. The molecule has 13 heteroatoms. The number of hydrogen-bond acceptors (Lipinski definition) is 5. The summed E-state index contributed by atoms with van der Waals surface area (Å²) in [7, 11) is 1.48. The second-order valence-corrected chi connectivity index (χ2v) is 7.61. The Balaban J connectivity index is 1.85. The van der Waals surface area contributed by atoms with Gasteiger partial charge in [0.05, 0.1) is 25.4 Å². The molecule has 35 heavy (non-hydrogen) atoms. The molecule has 3 N–H and O–H groups in total. The van der Waals surface area contributed by atoms with Crippen molar-refractivity contribution in [2.75, 3.05) is 20.2 Å². The molecule has 10 nitrogen and oxygen atoms in total. The molecule has 3 amide bonds. The number of nitrogens with one attached hydrogen (secondary N) is 2. The number of ether oxygens (including phenoxy) is 1. The van der Waals surface area contributed by atoms with E-state index < -0.39 is 36.9 Å². The van der Waals surface area contributed by atoms with E-state index in [0.29, 0.717) is 28.3 Å². The van der Waals surface area contributed by atoms with Crippen LogP contribution in [0.4, 0.5) is 22.8 Å². The standard InChI is InChI=1S/C22H25F3N6O4/c1-4-31(20(32)29-17(22(23,24)25)11-27-21(33)34)13(2)14-6-5-7-15(10-14)16-12-30-9-8-26-18(30)19(28-16)35-3/h5-10,12-13,17,27H,4,11H2,1-3H3,(H,29,32)(H,33,34)/t13-,17?/m1/s1. The van der Waals surface area contributed by atoms with Crippen LogP contribution in [-0.2, 0) is 0 Å². The fourth-order valence-electron chi connectivity index (χ4n) is 3.58. The molecule has 3 rings (SSSR count). The number of urea groups is 1. The van der Waals surface area contributed by atoms with Crippen molar-refractivity contribution in [3.8, 4) is 17.1 Å². The van der Waals surface area contributed by atoms with Crippen molar-refractivity contribution in [3.63, 3.8) is 0 Å². The lowest BCUT2D eigenvalue weighted by atomic mass is 10.0. The van der Waals surface area contributed by atoms with Crippen molar-refractivity contribution in [3.05, 3.63) is 48.4 Å². The minimum atomic E-state index is -4.84. The molecule has 0 saturated heterocycles. The molecule has 0 aliphatic rings. The van der Waals surface area contributed by atoms with Crippen LogP contribution in [0.25, 0.3) is 16.9 Å². The van der Waals surface area contributed by atoms with Crippen molar-refractivity contribution >= 4 is 17.8 Å². The highest BCUT2D eigenvalue weighted by Crippen LogP contribution is 2.28. The van der Waals surface area contributed by atoms with Crippen molar-refractivity contribution in [2.24, 2.45) is 0 Å². The monoisotopic (exact) mass is 494 g/mol. The Hall–Kier alpha value is -4.03. The van der Waals surface area contributed by atoms with E-state index in [-0.39, 0.29) is 6.54 Å². The molecule has 2 atom stereocenters. The number of aromatic nitrogens is 3. The lowest BCUT2D eigenvalue weighted by molar-refractivity contribution is -0.152. The van der Waals surface area contributed by atoms with Crippen LogP contribution in [0.1, 0.15) is 25.5 Å². The number of amides is 3. The molecule has 0 fully saturated rings. The maximum atomic E-state index is 13.3. The first-order valence-electron chi connectivity index (χ1n) is 10.6. The third-order valence-corrected chi connectivity index (χ3v) is 5.42. The molecular weight excluding hydrogens is 469 g/mol. The van der Waals surface area contributed by atoms with Crippen LogP contribution in [-0.4, -0.2) is 68.9 Å². The number of carbonyl (C=O) groups excluding carboxylic acids is 1. The van der Waals surface area contributed by atoms with Crippen molar-refractivity contribution in [1.82, 2.24) is 29.9 Å². The molecule has 0 spiro atoms. The van der Waals surface area contributed by atoms with Gasteiger partial charge in [0.1, 0.15) is 6.04 Å². The first-order valence-corrected chi connectivity index (χ1v) is 10.6. The van der Waals surface area contributed by atoms with Gasteiger partial charge in [0.25, 0.3) is 5.88 Å². The summed E-state index contributed by atoms with van der Waals surface area (Å²) in [5, 5.41) is 12.2. The molecule has 1 unspecified atom stereocenters. The van der Waals surface area contributed by atoms with Crippen molar-refractivity contribution in [2.45, 2.75) is 32.1 Å². The zero-order valence-electron chi connectivity index (χ0n) is 19.2. The number of carbonyl (C=O) groups is 2. The molecule has 0 radical (unpaired) electrons. The van der Waals surface area contributed by atoms with Gasteiger partial charge in [-0.1, -0.05) is 18.2 Å². The number of benzene rings is 1. The van der Waals surface area contributed by atoms with Gasteiger partial charge in [-0.25, -0.2) is 19.6 Å². The molecule has 0 aliphatic heterocycles. The Morgan fingerprint density at radius 1 is 1.31 bits per heavy atom. The largest absolute Gasteiger partial charge is 0.478 e. The molecule has 0 bridgehead atoms. The first kappa shape index (κ1) is 25.6. The van der Waals surface area contributed by atoms with Crippen LogP contribution >= 0.6 is 0 Å². The van der Waals surface area contributed by atoms with Crippen LogP contribution in [0.15, 0.2) is 42.9 Å². The van der Waals surface area contributed by atoms with Gasteiger partial charge in [0.15, 0.2) is 5.65 Å². The molecule has 0 saturated carbocycles. The summed E-state index contributed by atoms with van der Waals surface area (Å²) in [5.74, 6) is 0.327. The number of nitrogens with zero attached hydrogens (tertiary/aromatic N) is 4. The van der Waals surface area contributed by atoms with Crippen molar-refractivity contribution in [1.29, 1.82) is 0 Å². The molecule has 1 aromatic carbocycles. The van der Waals surface area contributed by atoms with Crippen molar-refractivity contribution < 1.29 is 32.6 Å². The van der Waals surface area contributed by atoms with Crippen LogP contribution in [0.5, 0.6) is 5.88 Å². The number of methoxy groups -OCH3 is 1. The summed E-state index contributed by atoms with van der Waals surface area (Å²) < 4.78 is 47.0. The zero-order chi connectivity index (χ0) is 25.8. The van der Waals surface area contributed by atoms with Gasteiger partial charge in [-0.05, 0) is 25.5 Å². The smallest absolute Gasteiger partial charge is 0.410 e. The highest BCUT2D eigenvalue weighted by Gasteiger charge is 2.41. The number of fused-ring (bicyclic) bond motifs is 1. The Labute approximate surface area is 198 Å². The number of halogens is 3. The molecule has 3 aromatic rings. The molecular formula is C22H25F3N6O4. The maximum Gasteiger partial charge on any atom is 0.410 e. The van der Waals surface area contributed by atoms with Gasteiger partial charge in [-0.15, -0.1) is 0 Å². The second kappa shape index (κ2) is 10.5. The van der Waals surface area contributed by atoms with Crippen LogP contribution < -0.4 is 15.4 Å². The van der Waals surface area contributed by atoms with E-state index in [1.54, 1.807) is 60.4 Å². The normalized spacial score (nSPS) is 13.2. The third-order valence-electron chi connectivity index (χ3n) is 5.42. The van der Waals surface area contributed by atoms with E-state index >= 15 is 0 Å². The van der Waals surface area contributed by atoms with E-state index in [2.05, 4.69) is 9.97 Å². The average molecular weight is 494 g/mol. The number of hydrogen-bond donors (Lipinski definition) is 3. The highest BCUT2D eigenvalue weighted by molar-refractivity contribution is 5.75. The quantitative estimate of drug-likeness (QED) is 0.439. The SMILES string of the molecule is CCN(C(=O)NC(CNC(=O)O)C(F)(F)F)[C@H](C)c1cccc(-c2cn3ccnc3c(OC)n2)c1. The summed E-state index contributed by atoms with van der Waals surface area (Å²) in [6, 6.07) is 3.17. The average Bonchev–Trinajstić information content (AvgIpc) is 3.29. The van der Waals surface area contributed by atoms with E-state index in [0.717, 1.165) is 0 Å². The van der Waals surface area contributed by atoms with Gasteiger partial charge in [-0.3, -0.25) is 0 Å². The van der Waals surface area contributed by atoms with Crippen LogP contribution in [0.2, 0.25) is 0 Å². The second-order valence-electron chi connectivity index (χ2n) is 7.61. The van der Waals surface area contributed by atoms with Crippen LogP contribution in [0.3, 0.4) is 0 Å². The summed E-state index contributed by atoms with van der Waals surface area (Å²) in [6.07, 6.45) is -1.33. The Bertz CT molecular complexity index is 1200.